The first-order valence-corrected chi connectivity index (χ1v) is 6.32. The van der Waals surface area contributed by atoms with E-state index < -0.39 is 0 Å². The predicted molar refractivity (Wildman–Crippen MR) is 64.8 cm³/mol. The third kappa shape index (κ3) is 4.09. The fourth-order valence-corrected chi connectivity index (χ4v) is 2.75. The van der Waals surface area contributed by atoms with Crippen molar-refractivity contribution in [2.45, 2.75) is 13.5 Å². The lowest BCUT2D eigenvalue weighted by molar-refractivity contribution is 0.148. The Morgan fingerprint density at radius 3 is 2.79 bits per heavy atom. The standard InChI is InChI=1S/C10H16BrNOS/c1-3-12(6-7-13-2)8-9-4-5-10(11)14-9/h4-5H,3,6-8H2,1-2H3. The molecular weight excluding hydrogens is 262 g/mol. The van der Waals surface area contributed by atoms with Crippen LogP contribution in [0.2, 0.25) is 0 Å². The van der Waals surface area contributed by atoms with Crippen LogP contribution in [0.15, 0.2) is 15.9 Å². The summed E-state index contributed by atoms with van der Waals surface area (Å²) in [6.45, 7) is 6.08. The normalized spacial score (nSPS) is 11.1. The number of thiophene rings is 1. The van der Waals surface area contributed by atoms with Crippen LogP contribution in [-0.4, -0.2) is 31.7 Å². The van der Waals surface area contributed by atoms with Gasteiger partial charge in [0, 0.05) is 25.1 Å². The Labute approximate surface area is 98.0 Å². The van der Waals surface area contributed by atoms with Crippen LogP contribution >= 0.6 is 27.3 Å². The second-order valence-electron chi connectivity index (χ2n) is 3.07. The predicted octanol–water partition coefficient (Wildman–Crippen LogP) is 2.98. The average molecular weight is 278 g/mol. The highest BCUT2D eigenvalue weighted by Crippen LogP contribution is 2.23. The Bertz CT molecular complexity index is 264. The first-order valence-electron chi connectivity index (χ1n) is 4.71. The van der Waals surface area contributed by atoms with Gasteiger partial charge in [-0.2, -0.15) is 0 Å². The lowest BCUT2D eigenvalue weighted by Crippen LogP contribution is -2.26. The fourth-order valence-electron chi connectivity index (χ4n) is 1.23. The van der Waals surface area contributed by atoms with Crippen molar-refractivity contribution >= 4 is 27.3 Å². The number of likely N-dealkylation sites (N-methyl/N-ethyl adjacent to an activating group) is 1. The molecule has 0 aliphatic rings. The minimum Gasteiger partial charge on any atom is -0.383 e. The zero-order chi connectivity index (χ0) is 10.4. The van der Waals surface area contributed by atoms with Gasteiger partial charge in [-0.3, -0.25) is 4.90 Å². The van der Waals surface area contributed by atoms with E-state index >= 15 is 0 Å². The molecule has 0 unspecified atom stereocenters. The maximum absolute atomic E-state index is 5.07. The Morgan fingerprint density at radius 2 is 2.29 bits per heavy atom. The van der Waals surface area contributed by atoms with E-state index in [1.165, 1.54) is 8.66 Å². The molecule has 0 saturated carbocycles. The summed E-state index contributed by atoms with van der Waals surface area (Å²) in [4.78, 5) is 3.77. The first kappa shape index (κ1) is 12.2. The number of halogens is 1. The molecule has 0 amide bonds. The van der Waals surface area contributed by atoms with Crippen molar-refractivity contribution in [1.29, 1.82) is 0 Å². The fraction of sp³-hybridized carbons (Fsp3) is 0.600. The summed E-state index contributed by atoms with van der Waals surface area (Å²) in [7, 11) is 1.75. The average Bonchev–Trinajstić information content (AvgIpc) is 2.58. The van der Waals surface area contributed by atoms with Crippen LogP contribution in [0.25, 0.3) is 0 Å². The number of hydrogen-bond donors (Lipinski definition) is 0. The zero-order valence-electron chi connectivity index (χ0n) is 8.62. The number of methoxy groups -OCH3 is 1. The van der Waals surface area contributed by atoms with E-state index in [0.29, 0.717) is 0 Å². The summed E-state index contributed by atoms with van der Waals surface area (Å²) in [5.74, 6) is 0. The van der Waals surface area contributed by atoms with Gasteiger partial charge in [-0.25, -0.2) is 0 Å². The van der Waals surface area contributed by atoms with E-state index in [4.69, 9.17) is 4.74 Å². The van der Waals surface area contributed by atoms with Gasteiger partial charge in [0.05, 0.1) is 10.4 Å². The molecule has 1 aromatic rings. The van der Waals surface area contributed by atoms with E-state index in [2.05, 4.69) is 39.9 Å². The Hall–Kier alpha value is 0.1000. The monoisotopic (exact) mass is 277 g/mol. The third-order valence-corrected chi connectivity index (χ3v) is 3.68. The molecule has 80 valence electrons. The lowest BCUT2D eigenvalue weighted by atomic mass is 10.4. The molecule has 0 bridgehead atoms. The highest BCUT2D eigenvalue weighted by molar-refractivity contribution is 9.11. The minimum atomic E-state index is 0.806. The first-order chi connectivity index (χ1) is 6.76. The lowest BCUT2D eigenvalue weighted by Gasteiger charge is -2.18. The molecule has 0 N–H and O–H groups in total. The van der Waals surface area contributed by atoms with Crippen molar-refractivity contribution in [1.82, 2.24) is 4.90 Å². The Morgan fingerprint density at radius 1 is 1.50 bits per heavy atom. The van der Waals surface area contributed by atoms with E-state index in [9.17, 15) is 0 Å². The van der Waals surface area contributed by atoms with Gasteiger partial charge in [-0.15, -0.1) is 11.3 Å². The molecule has 2 nitrogen and oxygen atoms in total. The van der Waals surface area contributed by atoms with E-state index in [1.54, 1.807) is 18.4 Å². The second-order valence-corrected chi connectivity index (χ2v) is 5.61. The maximum atomic E-state index is 5.07. The summed E-state index contributed by atoms with van der Waals surface area (Å²) in [6.07, 6.45) is 0. The Balaban J connectivity index is 2.40. The number of ether oxygens (including phenoxy) is 1. The van der Waals surface area contributed by atoms with E-state index in [1.807, 2.05) is 0 Å². The van der Waals surface area contributed by atoms with Gasteiger partial charge in [0.25, 0.3) is 0 Å². The molecule has 0 atom stereocenters. The van der Waals surface area contributed by atoms with Crippen LogP contribution in [0.4, 0.5) is 0 Å². The summed E-state index contributed by atoms with van der Waals surface area (Å²) < 4.78 is 6.27. The molecule has 0 aliphatic heterocycles. The highest BCUT2D eigenvalue weighted by atomic mass is 79.9. The summed E-state index contributed by atoms with van der Waals surface area (Å²) in [6, 6.07) is 4.27. The van der Waals surface area contributed by atoms with Crippen LogP contribution in [-0.2, 0) is 11.3 Å². The Kier molecular flexibility index (Phi) is 5.70. The summed E-state index contributed by atoms with van der Waals surface area (Å²) >= 11 is 5.27. The van der Waals surface area contributed by atoms with Crippen LogP contribution in [0.3, 0.4) is 0 Å². The van der Waals surface area contributed by atoms with Gasteiger partial charge >= 0.3 is 0 Å². The van der Waals surface area contributed by atoms with Crippen LogP contribution in [0.5, 0.6) is 0 Å². The number of nitrogens with zero attached hydrogens (tertiary/aromatic N) is 1. The van der Waals surface area contributed by atoms with Crippen molar-refractivity contribution in [2.24, 2.45) is 0 Å². The van der Waals surface area contributed by atoms with Gasteiger partial charge in [-0.05, 0) is 34.6 Å². The van der Waals surface area contributed by atoms with E-state index in [0.717, 1.165) is 26.2 Å². The third-order valence-electron chi connectivity index (χ3n) is 2.07. The van der Waals surface area contributed by atoms with Gasteiger partial charge in [0.2, 0.25) is 0 Å². The topological polar surface area (TPSA) is 12.5 Å². The van der Waals surface area contributed by atoms with Gasteiger partial charge in [0.1, 0.15) is 0 Å². The number of rotatable bonds is 6. The van der Waals surface area contributed by atoms with Crippen molar-refractivity contribution < 1.29 is 4.74 Å². The van der Waals surface area contributed by atoms with Crippen molar-refractivity contribution in [2.75, 3.05) is 26.8 Å². The molecule has 0 aromatic carbocycles. The molecule has 0 spiro atoms. The van der Waals surface area contributed by atoms with Crippen molar-refractivity contribution in [3.8, 4) is 0 Å². The van der Waals surface area contributed by atoms with Gasteiger partial charge in [0.15, 0.2) is 0 Å². The molecule has 0 radical (unpaired) electrons. The van der Waals surface area contributed by atoms with Crippen LogP contribution in [0.1, 0.15) is 11.8 Å². The summed E-state index contributed by atoms with van der Waals surface area (Å²) in [5, 5.41) is 0. The maximum Gasteiger partial charge on any atom is 0.0701 e. The molecular formula is C10H16BrNOS. The smallest absolute Gasteiger partial charge is 0.0701 e. The minimum absolute atomic E-state index is 0.806. The van der Waals surface area contributed by atoms with Gasteiger partial charge in [-0.1, -0.05) is 6.92 Å². The van der Waals surface area contributed by atoms with Crippen molar-refractivity contribution in [3.63, 3.8) is 0 Å². The highest BCUT2D eigenvalue weighted by Gasteiger charge is 2.04. The van der Waals surface area contributed by atoms with E-state index in [-0.39, 0.29) is 0 Å². The van der Waals surface area contributed by atoms with Gasteiger partial charge < -0.3 is 4.74 Å². The molecule has 0 fully saturated rings. The van der Waals surface area contributed by atoms with Crippen LogP contribution < -0.4 is 0 Å². The molecule has 1 aromatic heterocycles. The quantitative estimate of drug-likeness (QED) is 0.793. The molecule has 1 heterocycles. The zero-order valence-corrected chi connectivity index (χ0v) is 11.0. The molecule has 14 heavy (non-hydrogen) atoms. The second kappa shape index (κ2) is 6.56. The van der Waals surface area contributed by atoms with Crippen molar-refractivity contribution in [3.05, 3.63) is 20.8 Å². The molecule has 4 heteroatoms. The molecule has 1 rings (SSSR count). The summed E-state index contributed by atoms with van der Waals surface area (Å²) in [5.41, 5.74) is 0. The number of hydrogen-bond acceptors (Lipinski definition) is 3. The molecule has 0 aliphatic carbocycles. The SMILES string of the molecule is CCN(CCOC)Cc1ccc(Br)s1. The molecule has 0 saturated heterocycles. The largest absolute Gasteiger partial charge is 0.383 e. The van der Waals surface area contributed by atoms with Crippen LogP contribution in [0, 0.1) is 0 Å².